The maximum Gasteiger partial charge on any atom is 0.356 e. The molecule has 78 valence electrons. The third kappa shape index (κ3) is 1.74. The van der Waals surface area contributed by atoms with E-state index in [1.165, 1.54) is 19.4 Å². The van der Waals surface area contributed by atoms with Crippen LogP contribution in [0.3, 0.4) is 0 Å². The van der Waals surface area contributed by atoms with Gasteiger partial charge in [0.15, 0.2) is 0 Å². The summed E-state index contributed by atoms with van der Waals surface area (Å²) in [7, 11) is 1.28. The highest BCUT2D eigenvalue weighted by Crippen LogP contribution is 2.18. The van der Waals surface area contributed by atoms with Crippen molar-refractivity contribution in [3.05, 3.63) is 23.5 Å². The van der Waals surface area contributed by atoms with E-state index < -0.39 is 5.97 Å². The van der Waals surface area contributed by atoms with E-state index in [0.717, 1.165) is 5.56 Å². The highest BCUT2D eigenvalue weighted by Gasteiger charge is 2.17. The van der Waals surface area contributed by atoms with Gasteiger partial charge in [0.1, 0.15) is 5.69 Å². The summed E-state index contributed by atoms with van der Waals surface area (Å²) in [5, 5.41) is 5.18. The summed E-state index contributed by atoms with van der Waals surface area (Å²) in [5.74, 6) is -0.523. The van der Waals surface area contributed by atoms with E-state index in [-0.39, 0.29) is 11.7 Å². The molecule has 2 heterocycles. The molecule has 0 spiro atoms. The van der Waals surface area contributed by atoms with Gasteiger partial charge >= 0.3 is 12.0 Å². The molecule has 1 aliphatic rings. The van der Waals surface area contributed by atoms with Gasteiger partial charge in [-0.05, 0) is 6.07 Å². The first-order valence-corrected chi connectivity index (χ1v) is 4.33. The van der Waals surface area contributed by atoms with Crippen LogP contribution in [0.15, 0.2) is 12.3 Å². The predicted octanol–water partition coefficient (Wildman–Crippen LogP) is 0.503. The van der Waals surface area contributed by atoms with Crippen molar-refractivity contribution in [1.29, 1.82) is 0 Å². The van der Waals surface area contributed by atoms with E-state index in [2.05, 4.69) is 20.4 Å². The second kappa shape index (κ2) is 3.56. The minimum Gasteiger partial charge on any atom is -0.464 e. The lowest BCUT2D eigenvalue weighted by Crippen LogP contribution is -2.33. The van der Waals surface area contributed by atoms with Crippen molar-refractivity contribution in [1.82, 2.24) is 10.3 Å². The molecule has 2 N–H and O–H groups in total. The van der Waals surface area contributed by atoms with Crippen LogP contribution in [0, 0.1) is 0 Å². The summed E-state index contributed by atoms with van der Waals surface area (Å²) < 4.78 is 4.52. The van der Waals surface area contributed by atoms with E-state index in [1.807, 2.05) is 0 Å². The maximum atomic E-state index is 11.2. The van der Waals surface area contributed by atoms with Crippen molar-refractivity contribution in [2.24, 2.45) is 0 Å². The average Bonchev–Trinajstić information content (AvgIpc) is 2.27. The molecule has 0 atom stereocenters. The van der Waals surface area contributed by atoms with Crippen LogP contribution in [-0.2, 0) is 11.3 Å². The number of hydrogen-bond acceptors (Lipinski definition) is 4. The Balaban J connectivity index is 2.36. The lowest BCUT2D eigenvalue weighted by Gasteiger charge is -2.17. The lowest BCUT2D eigenvalue weighted by molar-refractivity contribution is 0.0594. The van der Waals surface area contributed by atoms with Crippen LogP contribution in [0.2, 0.25) is 0 Å². The van der Waals surface area contributed by atoms with Gasteiger partial charge in [0.2, 0.25) is 0 Å². The molecule has 1 aromatic rings. The Hall–Kier alpha value is -2.11. The van der Waals surface area contributed by atoms with Crippen LogP contribution in [0.1, 0.15) is 16.1 Å². The van der Waals surface area contributed by atoms with Crippen LogP contribution in [0.25, 0.3) is 0 Å². The molecule has 0 radical (unpaired) electrons. The van der Waals surface area contributed by atoms with Crippen LogP contribution < -0.4 is 10.6 Å². The molecule has 0 unspecified atom stereocenters. The van der Waals surface area contributed by atoms with Crippen molar-refractivity contribution in [2.75, 3.05) is 12.4 Å². The molecular weight excluding hydrogens is 198 g/mol. The van der Waals surface area contributed by atoms with E-state index >= 15 is 0 Å². The summed E-state index contributed by atoms with van der Waals surface area (Å²) in [5.41, 5.74) is 1.61. The zero-order valence-electron chi connectivity index (χ0n) is 8.03. The van der Waals surface area contributed by atoms with Crippen molar-refractivity contribution in [3.63, 3.8) is 0 Å². The highest BCUT2D eigenvalue weighted by atomic mass is 16.5. The van der Waals surface area contributed by atoms with E-state index in [4.69, 9.17) is 0 Å². The number of nitrogens with zero attached hydrogens (tertiary/aromatic N) is 1. The summed E-state index contributed by atoms with van der Waals surface area (Å²) in [4.78, 5) is 26.1. The average molecular weight is 207 g/mol. The molecule has 0 aliphatic carbocycles. The van der Waals surface area contributed by atoms with Crippen molar-refractivity contribution >= 4 is 17.7 Å². The Morgan fingerprint density at radius 3 is 3.13 bits per heavy atom. The van der Waals surface area contributed by atoms with E-state index in [0.29, 0.717) is 12.2 Å². The first kappa shape index (κ1) is 9.45. The number of ether oxygens (including phenoxy) is 1. The molecule has 6 heteroatoms. The van der Waals surface area contributed by atoms with Gasteiger partial charge in [-0.1, -0.05) is 0 Å². The van der Waals surface area contributed by atoms with Gasteiger partial charge < -0.3 is 15.4 Å². The number of carbonyl (C=O) groups is 2. The number of nitrogens with one attached hydrogen (secondary N) is 2. The maximum absolute atomic E-state index is 11.2. The van der Waals surface area contributed by atoms with Gasteiger partial charge in [-0.3, -0.25) is 0 Å². The van der Waals surface area contributed by atoms with Gasteiger partial charge in [-0.2, -0.15) is 0 Å². The van der Waals surface area contributed by atoms with E-state index in [1.54, 1.807) is 0 Å². The fourth-order valence-electron chi connectivity index (χ4n) is 1.30. The van der Waals surface area contributed by atoms with Crippen molar-refractivity contribution in [3.8, 4) is 0 Å². The molecule has 0 aromatic carbocycles. The molecule has 0 bridgehead atoms. The second-order valence-corrected chi connectivity index (χ2v) is 3.03. The minimum absolute atomic E-state index is 0.179. The number of pyridine rings is 1. The highest BCUT2D eigenvalue weighted by molar-refractivity contribution is 5.94. The number of esters is 1. The zero-order valence-corrected chi connectivity index (χ0v) is 8.03. The number of rotatable bonds is 1. The summed E-state index contributed by atoms with van der Waals surface area (Å²) in [6.45, 7) is 0.412. The fourth-order valence-corrected chi connectivity index (χ4v) is 1.30. The topological polar surface area (TPSA) is 80.3 Å². The number of fused-ring (bicyclic) bond motifs is 1. The molecular formula is C9H9N3O3. The molecule has 0 fully saturated rings. The van der Waals surface area contributed by atoms with Crippen LogP contribution in [-0.4, -0.2) is 24.1 Å². The number of aromatic nitrogens is 1. The molecule has 1 aliphatic heterocycles. The molecule has 1 aromatic heterocycles. The SMILES string of the molecule is COC(=O)c1cc2c(cn1)CNC(=O)N2. The third-order valence-electron chi connectivity index (χ3n) is 2.07. The van der Waals surface area contributed by atoms with E-state index in [9.17, 15) is 9.59 Å². The molecule has 0 saturated heterocycles. The number of urea groups is 1. The van der Waals surface area contributed by atoms with Crippen LogP contribution in [0.5, 0.6) is 0 Å². The van der Waals surface area contributed by atoms with Gasteiger partial charge in [0.05, 0.1) is 12.8 Å². The third-order valence-corrected chi connectivity index (χ3v) is 2.07. The van der Waals surface area contributed by atoms with Gasteiger partial charge in [-0.25, -0.2) is 14.6 Å². The fraction of sp³-hybridized carbons (Fsp3) is 0.222. The number of carbonyl (C=O) groups excluding carboxylic acids is 2. The number of anilines is 1. The monoisotopic (exact) mass is 207 g/mol. The Labute approximate surface area is 85.6 Å². The van der Waals surface area contributed by atoms with Crippen molar-refractivity contribution < 1.29 is 14.3 Å². The van der Waals surface area contributed by atoms with Gasteiger partial charge in [0.25, 0.3) is 0 Å². The Morgan fingerprint density at radius 1 is 1.60 bits per heavy atom. The lowest BCUT2D eigenvalue weighted by atomic mass is 10.2. The standard InChI is InChI=1S/C9H9N3O3/c1-15-8(13)7-2-6-5(3-10-7)4-11-9(14)12-6/h2-3H,4H2,1H3,(H2,11,12,14). The number of amides is 2. The predicted molar refractivity (Wildman–Crippen MR) is 51.4 cm³/mol. The number of methoxy groups -OCH3 is 1. The molecule has 6 nitrogen and oxygen atoms in total. The minimum atomic E-state index is -0.523. The van der Waals surface area contributed by atoms with Crippen LogP contribution in [0.4, 0.5) is 10.5 Å². The smallest absolute Gasteiger partial charge is 0.356 e. The van der Waals surface area contributed by atoms with Gasteiger partial charge in [0, 0.05) is 18.3 Å². The summed E-state index contributed by atoms with van der Waals surface area (Å²) in [6.07, 6.45) is 1.54. The quantitative estimate of drug-likeness (QED) is 0.657. The van der Waals surface area contributed by atoms with Crippen molar-refractivity contribution in [2.45, 2.75) is 6.54 Å². The Kier molecular flexibility index (Phi) is 2.24. The number of hydrogen-bond donors (Lipinski definition) is 2. The first-order valence-electron chi connectivity index (χ1n) is 4.33. The normalized spacial score (nSPS) is 13.5. The summed E-state index contributed by atoms with van der Waals surface area (Å²) in [6, 6.07) is 1.21. The molecule has 15 heavy (non-hydrogen) atoms. The molecule has 0 saturated carbocycles. The zero-order chi connectivity index (χ0) is 10.8. The molecule has 2 amide bonds. The molecule has 2 rings (SSSR count). The largest absolute Gasteiger partial charge is 0.464 e. The summed E-state index contributed by atoms with van der Waals surface area (Å²) >= 11 is 0. The Morgan fingerprint density at radius 2 is 2.40 bits per heavy atom. The first-order chi connectivity index (χ1) is 7.20. The van der Waals surface area contributed by atoms with Crippen LogP contribution >= 0.6 is 0 Å². The Bertz CT molecular complexity index is 431. The second-order valence-electron chi connectivity index (χ2n) is 3.03. The van der Waals surface area contributed by atoms with Gasteiger partial charge in [-0.15, -0.1) is 0 Å².